The Bertz CT molecular complexity index is 220. The molecule has 0 aromatic heterocycles. The molecule has 0 aromatic carbocycles. The fourth-order valence-corrected chi connectivity index (χ4v) is 2.73. The third kappa shape index (κ3) is 3.65. The van der Waals surface area contributed by atoms with E-state index in [2.05, 4.69) is 13.8 Å². The Labute approximate surface area is 104 Å². The molecule has 0 spiro atoms. The van der Waals surface area contributed by atoms with Crippen LogP contribution in [0.15, 0.2) is 0 Å². The SMILES string of the molecule is CCCCN(CCCl)C(=O)C1CCCC1C. The van der Waals surface area contributed by atoms with Gasteiger partial charge in [-0.1, -0.05) is 26.7 Å². The van der Waals surface area contributed by atoms with E-state index in [1.165, 1.54) is 12.8 Å². The van der Waals surface area contributed by atoms with Crippen molar-refractivity contribution in [2.75, 3.05) is 19.0 Å². The van der Waals surface area contributed by atoms with E-state index in [4.69, 9.17) is 11.6 Å². The van der Waals surface area contributed by atoms with Crippen LogP contribution in [0.4, 0.5) is 0 Å². The summed E-state index contributed by atoms with van der Waals surface area (Å²) >= 11 is 5.77. The predicted octanol–water partition coefficient (Wildman–Crippen LogP) is 3.29. The Morgan fingerprint density at radius 2 is 2.12 bits per heavy atom. The molecule has 0 aliphatic heterocycles. The number of alkyl halides is 1. The van der Waals surface area contributed by atoms with Gasteiger partial charge in [-0.3, -0.25) is 4.79 Å². The van der Waals surface area contributed by atoms with Gasteiger partial charge in [-0.2, -0.15) is 0 Å². The summed E-state index contributed by atoms with van der Waals surface area (Å²) < 4.78 is 0. The first-order valence-electron chi connectivity index (χ1n) is 6.55. The molecule has 0 N–H and O–H groups in total. The fraction of sp³-hybridized carbons (Fsp3) is 0.923. The topological polar surface area (TPSA) is 20.3 Å². The van der Waals surface area contributed by atoms with E-state index in [1.807, 2.05) is 4.90 Å². The van der Waals surface area contributed by atoms with Crippen molar-refractivity contribution in [2.45, 2.75) is 46.0 Å². The number of carbonyl (C=O) groups excluding carboxylic acids is 1. The van der Waals surface area contributed by atoms with Gasteiger partial charge in [-0.25, -0.2) is 0 Å². The van der Waals surface area contributed by atoms with Crippen LogP contribution in [-0.4, -0.2) is 29.8 Å². The zero-order chi connectivity index (χ0) is 12.0. The number of rotatable bonds is 6. The van der Waals surface area contributed by atoms with Crippen molar-refractivity contribution < 1.29 is 4.79 Å². The van der Waals surface area contributed by atoms with Crippen molar-refractivity contribution in [3.63, 3.8) is 0 Å². The van der Waals surface area contributed by atoms with Gasteiger partial charge < -0.3 is 4.90 Å². The van der Waals surface area contributed by atoms with E-state index in [0.29, 0.717) is 24.2 Å². The monoisotopic (exact) mass is 245 g/mol. The smallest absolute Gasteiger partial charge is 0.225 e. The largest absolute Gasteiger partial charge is 0.341 e. The Morgan fingerprint density at radius 3 is 2.62 bits per heavy atom. The van der Waals surface area contributed by atoms with E-state index in [0.717, 1.165) is 25.8 Å². The normalized spacial score (nSPS) is 24.7. The Hall–Kier alpha value is -0.240. The van der Waals surface area contributed by atoms with E-state index >= 15 is 0 Å². The fourth-order valence-electron chi connectivity index (χ4n) is 2.53. The summed E-state index contributed by atoms with van der Waals surface area (Å²) in [6.45, 7) is 5.95. The van der Waals surface area contributed by atoms with Crippen LogP contribution in [0.5, 0.6) is 0 Å². The summed E-state index contributed by atoms with van der Waals surface area (Å²) in [7, 11) is 0. The lowest BCUT2D eigenvalue weighted by atomic mass is 9.96. The van der Waals surface area contributed by atoms with Crippen LogP contribution < -0.4 is 0 Å². The van der Waals surface area contributed by atoms with Gasteiger partial charge in [0, 0.05) is 24.9 Å². The summed E-state index contributed by atoms with van der Waals surface area (Å²) in [5, 5.41) is 0. The van der Waals surface area contributed by atoms with Crippen LogP contribution in [0.1, 0.15) is 46.0 Å². The summed E-state index contributed by atoms with van der Waals surface area (Å²) in [6, 6.07) is 0. The second kappa shape index (κ2) is 7.16. The molecule has 1 rings (SSSR count). The minimum absolute atomic E-state index is 0.264. The van der Waals surface area contributed by atoms with Gasteiger partial charge in [-0.15, -0.1) is 11.6 Å². The second-order valence-corrected chi connectivity index (χ2v) is 5.26. The van der Waals surface area contributed by atoms with E-state index in [-0.39, 0.29) is 5.92 Å². The van der Waals surface area contributed by atoms with Gasteiger partial charge in [0.15, 0.2) is 0 Å². The summed E-state index contributed by atoms with van der Waals surface area (Å²) in [6.07, 6.45) is 5.71. The number of unbranched alkanes of at least 4 members (excludes halogenated alkanes) is 1. The highest BCUT2D eigenvalue weighted by Crippen LogP contribution is 2.32. The van der Waals surface area contributed by atoms with Gasteiger partial charge in [-0.05, 0) is 25.2 Å². The highest BCUT2D eigenvalue weighted by Gasteiger charge is 2.32. The first-order chi connectivity index (χ1) is 7.70. The summed E-state index contributed by atoms with van der Waals surface area (Å²) in [5.41, 5.74) is 0. The van der Waals surface area contributed by atoms with E-state index < -0.39 is 0 Å². The van der Waals surface area contributed by atoms with E-state index in [9.17, 15) is 4.79 Å². The molecule has 94 valence electrons. The Balaban J connectivity index is 2.51. The molecule has 16 heavy (non-hydrogen) atoms. The van der Waals surface area contributed by atoms with Crippen molar-refractivity contribution in [3.05, 3.63) is 0 Å². The predicted molar refractivity (Wildman–Crippen MR) is 68.7 cm³/mol. The Morgan fingerprint density at radius 1 is 1.38 bits per heavy atom. The highest BCUT2D eigenvalue weighted by molar-refractivity contribution is 6.18. The van der Waals surface area contributed by atoms with Crippen LogP contribution in [-0.2, 0) is 4.79 Å². The number of carbonyl (C=O) groups is 1. The lowest BCUT2D eigenvalue weighted by Gasteiger charge is -2.26. The molecule has 1 amide bonds. The third-order valence-corrected chi connectivity index (χ3v) is 3.80. The van der Waals surface area contributed by atoms with Crippen molar-refractivity contribution in [3.8, 4) is 0 Å². The maximum absolute atomic E-state index is 12.3. The molecule has 1 fully saturated rings. The number of nitrogens with zero attached hydrogens (tertiary/aromatic N) is 1. The van der Waals surface area contributed by atoms with Crippen molar-refractivity contribution in [1.82, 2.24) is 4.90 Å². The zero-order valence-corrected chi connectivity index (χ0v) is 11.3. The zero-order valence-electron chi connectivity index (χ0n) is 10.5. The molecule has 0 saturated heterocycles. The van der Waals surface area contributed by atoms with Gasteiger partial charge in [0.1, 0.15) is 0 Å². The van der Waals surface area contributed by atoms with Gasteiger partial charge in [0.25, 0.3) is 0 Å². The van der Waals surface area contributed by atoms with Crippen LogP contribution >= 0.6 is 11.6 Å². The standard InChI is InChI=1S/C13H24ClNO/c1-3-4-9-15(10-8-14)13(16)12-7-5-6-11(12)2/h11-12H,3-10H2,1-2H3. The molecule has 2 unspecified atom stereocenters. The maximum atomic E-state index is 12.3. The average Bonchev–Trinajstić information content (AvgIpc) is 2.69. The van der Waals surface area contributed by atoms with Crippen LogP contribution in [0.3, 0.4) is 0 Å². The average molecular weight is 246 g/mol. The number of hydrogen-bond acceptors (Lipinski definition) is 1. The maximum Gasteiger partial charge on any atom is 0.225 e. The molecule has 1 saturated carbocycles. The molecule has 0 radical (unpaired) electrons. The molecule has 0 bridgehead atoms. The molecular weight excluding hydrogens is 222 g/mol. The molecule has 2 nitrogen and oxygen atoms in total. The van der Waals surface area contributed by atoms with Crippen molar-refractivity contribution >= 4 is 17.5 Å². The molecule has 2 atom stereocenters. The number of hydrogen-bond donors (Lipinski definition) is 0. The van der Waals surface area contributed by atoms with Crippen molar-refractivity contribution in [1.29, 1.82) is 0 Å². The number of amides is 1. The van der Waals surface area contributed by atoms with Gasteiger partial charge >= 0.3 is 0 Å². The minimum Gasteiger partial charge on any atom is -0.341 e. The first-order valence-corrected chi connectivity index (χ1v) is 7.08. The summed E-state index contributed by atoms with van der Waals surface area (Å²) in [5.74, 6) is 1.72. The minimum atomic E-state index is 0.264. The highest BCUT2D eigenvalue weighted by atomic mass is 35.5. The molecule has 0 heterocycles. The first kappa shape index (κ1) is 13.8. The molecular formula is C13H24ClNO. The van der Waals surface area contributed by atoms with Crippen molar-refractivity contribution in [2.24, 2.45) is 11.8 Å². The molecule has 3 heteroatoms. The lowest BCUT2D eigenvalue weighted by molar-refractivity contribution is -0.136. The van der Waals surface area contributed by atoms with E-state index in [1.54, 1.807) is 0 Å². The molecule has 1 aliphatic carbocycles. The quantitative estimate of drug-likeness (QED) is 0.658. The number of halogens is 1. The third-order valence-electron chi connectivity index (χ3n) is 3.63. The van der Waals surface area contributed by atoms with Gasteiger partial charge in [0.2, 0.25) is 5.91 Å². The van der Waals surface area contributed by atoms with Crippen LogP contribution in [0.25, 0.3) is 0 Å². The van der Waals surface area contributed by atoms with Gasteiger partial charge in [0.05, 0.1) is 0 Å². The lowest BCUT2D eigenvalue weighted by Crippen LogP contribution is -2.39. The second-order valence-electron chi connectivity index (χ2n) is 4.88. The van der Waals surface area contributed by atoms with Crippen LogP contribution in [0, 0.1) is 11.8 Å². The Kier molecular flexibility index (Phi) is 6.18. The summed E-state index contributed by atoms with van der Waals surface area (Å²) in [4.78, 5) is 14.3. The van der Waals surface area contributed by atoms with Crippen LogP contribution in [0.2, 0.25) is 0 Å². The molecule has 1 aliphatic rings. The molecule has 0 aromatic rings.